The van der Waals surface area contributed by atoms with Crippen LogP contribution in [0.1, 0.15) is 36.5 Å². The van der Waals surface area contributed by atoms with Gasteiger partial charge in [0, 0.05) is 18.2 Å². The van der Waals surface area contributed by atoms with Gasteiger partial charge in [0.2, 0.25) is 5.88 Å². The third-order valence-electron chi connectivity index (χ3n) is 3.66. The molecule has 1 aromatic heterocycles. The van der Waals surface area contributed by atoms with E-state index >= 15 is 0 Å². The molecular formula is C17H17NO3. The molecule has 0 aliphatic carbocycles. The number of aromatic nitrogens is 1. The van der Waals surface area contributed by atoms with Crippen LogP contribution < -0.4 is 4.74 Å². The lowest BCUT2D eigenvalue weighted by Gasteiger charge is -2.20. The Bertz CT molecular complexity index is 681. The van der Waals surface area contributed by atoms with Crippen molar-refractivity contribution in [3.63, 3.8) is 0 Å². The maximum absolute atomic E-state index is 11.8. The molecule has 2 aromatic rings. The van der Waals surface area contributed by atoms with E-state index in [4.69, 9.17) is 9.47 Å². The van der Waals surface area contributed by atoms with Gasteiger partial charge in [0.1, 0.15) is 5.75 Å². The number of esters is 1. The quantitative estimate of drug-likeness (QED) is 0.691. The van der Waals surface area contributed by atoms with Crippen LogP contribution >= 0.6 is 0 Å². The highest BCUT2D eigenvalue weighted by Gasteiger charge is 2.21. The number of ether oxygens (including phenoxy) is 2. The van der Waals surface area contributed by atoms with Crippen LogP contribution in [0.3, 0.4) is 0 Å². The summed E-state index contributed by atoms with van der Waals surface area (Å²) in [5.41, 5.74) is 3.08. The Hall–Kier alpha value is -2.36. The van der Waals surface area contributed by atoms with Gasteiger partial charge >= 0.3 is 5.97 Å². The molecule has 0 spiro atoms. The first-order chi connectivity index (χ1) is 10.2. The van der Waals surface area contributed by atoms with Crippen molar-refractivity contribution in [1.82, 2.24) is 4.98 Å². The Kier molecular flexibility index (Phi) is 3.60. The molecular weight excluding hydrogens is 266 g/mol. The highest BCUT2D eigenvalue weighted by molar-refractivity contribution is 5.78. The molecule has 1 aliphatic rings. The zero-order chi connectivity index (χ0) is 14.8. The van der Waals surface area contributed by atoms with E-state index in [-0.39, 0.29) is 11.9 Å². The molecule has 0 N–H and O–H groups in total. The van der Waals surface area contributed by atoms with Crippen LogP contribution in [0.5, 0.6) is 11.6 Å². The van der Waals surface area contributed by atoms with Gasteiger partial charge in [-0.3, -0.25) is 4.79 Å². The third kappa shape index (κ3) is 2.61. The second-order valence-electron chi connectivity index (χ2n) is 5.09. The fourth-order valence-corrected chi connectivity index (χ4v) is 2.47. The normalized spacial score (nSPS) is 13.6. The molecule has 1 aliphatic heterocycles. The standard InChI is InChI=1S/C17H17NO3/c1-3-20-17(19)11(2)12-6-7-15-14(9-12)10-13-5-4-8-18-16(13)21-15/h4-9,11H,3,10H2,1-2H3/t11-/m1/s1. The Morgan fingerprint density at radius 2 is 2.24 bits per heavy atom. The third-order valence-corrected chi connectivity index (χ3v) is 3.66. The summed E-state index contributed by atoms with van der Waals surface area (Å²) in [5, 5.41) is 0. The van der Waals surface area contributed by atoms with E-state index in [1.165, 1.54) is 0 Å². The SMILES string of the molecule is CCOC(=O)[C@H](C)c1ccc2c(c1)Cc1cccnc1O2. The van der Waals surface area contributed by atoms with E-state index in [9.17, 15) is 4.79 Å². The van der Waals surface area contributed by atoms with Gasteiger partial charge in [-0.25, -0.2) is 4.98 Å². The first kappa shape index (κ1) is 13.6. The summed E-state index contributed by atoms with van der Waals surface area (Å²) in [4.78, 5) is 16.1. The molecule has 108 valence electrons. The van der Waals surface area contributed by atoms with Crippen LogP contribution in [0.2, 0.25) is 0 Å². The van der Waals surface area contributed by atoms with Crippen molar-refractivity contribution in [1.29, 1.82) is 0 Å². The van der Waals surface area contributed by atoms with E-state index in [1.807, 2.05) is 44.2 Å². The fourth-order valence-electron chi connectivity index (χ4n) is 2.47. The fraction of sp³-hybridized carbons (Fsp3) is 0.294. The monoisotopic (exact) mass is 283 g/mol. The van der Waals surface area contributed by atoms with Gasteiger partial charge in [-0.05, 0) is 37.1 Å². The number of carbonyl (C=O) groups is 1. The van der Waals surface area contributed by atoms with Gasteiger partial charge in [0.25, 0.3) is 0 Å². The Morgan fingerprint density at radius 3 is 3.05 bits per heavy atom. The highest BCUT2D eigenvalue weighted by atomic mass is 16.5. The Morgan fingerprint density at radius 1 is 1.38 bits per heavy atom. The summed E-state index contributed by atoms with van der Waals surface area (Å²) in [6.45, 7) is 4.07. The molecule has 2 heterocycles. The highest BCUT2D eigenvalue weighted by Crippen LogP contribution is 2.36. The van der Waals surface area contributed by atoms with Crippen molar-refractivity contribution < 1.29 is 14.3 Å². The number of fused-ring (bicyclic) bond motifs is 2. The van der Waals surface area contributed by atoms with Crippen molar-refractivity contribution >= 4 is 5.97 Å². The Balaban J connectivity index is 1.88. The largest absolute Gasteiger partial charge is 0.466 e. The topological polar surface area (TPSA) is 48.4 Å². The minimum atomic E-state index is -0.273. The zero-order valence-corrected chi connectivity index (χ0v) is 12.1. The van der Waals surface area contributed by atoms with E-state index in [0.29, 0.717) is 12.5 Å². The molecule has 0 saturated heterocycles. The van der Waals surface area contributed by atoms with Gasteiger partial charge in [0.15, 0.2) is 0 Å². The summed E-state index contributed by atoms with van der Waals surface area (Å²) in [6.07, 6.45) is 2.49. The predicted octanol–water partition coefficient (Wildman–Crippen LogP) is 3.44. The first-order valence-corrected chi connectivity index (χ1v) is 7.10. The number of pyridine rings is 1. The molecule has 4 nitrogen and oxygen atoms in total. The number of carbonyl (C=O) groups excluding carboxylic acids is 1. The molecule has 0 saturated carbocycles. The molecule has 0 amide bonds. The minimum Gasteiger partial charge on any atom is -0.466 e. The number of nitrogens with zero attached hydrogens (tertiary/aromatic N) is 1. The van der Waals surface area contributed by atoms with Crippen molar-refractivity contribution in [2.75, 3.05) is 6.61 Å². The van der Waals surface area contributed by atoms with Gasteiger partial charge < -0.3 is 9.47 Å². The number of benzene rings is 1. The van der Waals surface area contributed by atoms with Crippen LogP contribution in [0.25, 0.3) is 0 Å². The van der Waals surface area contributed by atoms with Crippen molar-refractivity contribution in [2.45, 2.75) is 26.2 Å². The molecule has 1 aromatic carbocycles. The van der Waals surface area contributed by atoms with Gasteiger partial charge in [-0.1, -0.05) is 18.2 Å². The van der Waals surface area contributed by atoms with E-state index in [2.05, 4.69) is 4.98 Å². The molecule has 0 fully saturated rings. The van der Waals surface area contributed by atoms with Crippen LogP contribution in [0.4, 0.5) is 0 Å². The second-order valence-corrected chi connectivity index (χ2v) is 5.09. The second kappa shape index (κ2) is 5.56. The summed E-state index contributed by atoms with van der Waals surface area (Å²) < 4.78 is 10.9. The van der Waals surface area contributed by atoms with Crippen molar-refractivity contribution in [3.05, 3.63) is 53.2 Å². The smallest absolute Gasteiger partial charge is 0.313 e. The van der Waals surface area contributed by atoms with Gasteiger partial charge in [-0.2, -0.15) is 0 Å². The lowest BCUT2D eigenvalue weighted by Crippen LogP contribution is -2.14. The number of hydrogen-bond acceptors (Lipinski definition) is 4. The lowest BCUT2D eigenvalue weighted by atomic mass is 9.95. The maximum Gasteiger partial charge on any atom is 0.313 e. The number of rotatable bonds is 3. The summed E-state index contributed by atoms with van der Waals surface area (Å²) in [7, 11) is 0. The van der Waals surface area contributed by atoms with Crippen molar-refractivity contribution in [3.8, 4) is 11.6 Å². The number of hydrogen-bond donors (Lipinski definition) is 0. The van der Waals surface area contributed by atoms with Crippen LogP contribution in [0.15, 0.2) is 36.5 Å². The van der Waals surface area contributed by atoms with Crippen molar-refractivity contribution in [2.24, 2.45) is 0 Å². The Labute approximate surface area is 123 Å². The summed E-state index contributed by atoms with van der Waals surface area (Å²) in [5.74, 6) is 0.999. The van der Waals surface area contributed by atoms with E-state index < -0.39 is 0 Å². The summed E-state index contributed by atoms with van der Waals surface area (Å²) in [6, 6.07) is 9.74. The van der Waals surface area contributed by atoms with Gasteiger partial charge in [0.05, 0.1) is 12.5 Å². The molecule has 0 bridgehead atoms. The summed E-state index contributed by atoms with van der Waals surface area (Å²) >= 11 is 0. The lowest BCUT2D eigenvalue weighted by molar-refractivity contribution is -0.144. The van der Waals surface area contributed by atoms with Gasteiger partial charge in [-0.15, -0.1) is 0 Å². The molecule has 1 atom stereocenters. The van der Waals surface area contributed by atoms with Crippen LogP contribution in [0, 0.1) is 0 Å². The van der Waals surface area contributed by atoms with Crippen LogP contribution in [-0.4, -0.2) is 17.6 Å². The average Bonchev–Trinajstić information content (AvgIpc) is 2.51. The van der Waals surface area contributed by atoms with Crippen LogP contribution in [-0.2, 0) is 16.0 Å². The average molecular weight is 283 g/mol. The first-order valence-electron chi connectivity index (χ1n) is 7.10. The minimum absolute atomic E-state index is 0.198. The maximum atomic E-state index is 11.8. The zero-order valence-electron chi connectivity index (χ0n) is 12.1. The molecule has 3 rings (SSSR count). The van der Waals surface area contributed by atoms with E-state index in [1.54, 1.807) is 6.20 Å². The molecule has 21 heavy (non-hydrogen) atoms. The molecule has 0 unspecified atom stereocenters. The predicted molar refractivity (Wildman–Crippen MR) is 78.6 cm³/mol. The molecule has 4 heteroatoms. The van der Waals surface area contributed by atoms with E-state index in [0.717, 1.165) is 28.9 Å². The molecule has 0 radical (unpaired) electrons.